The van der Waals surface area contributed by atoms with Gasteiger partial charge in [0.1, 0.15) is 6.54 Å². The van der Waals surface area contributed by atoms with Crippen molar-refractivity contribution in [2.45, 2.75) is 13.5 Å². The van der Waals surface area contributed by atoms with Crippen LogP contribution in [0.3, 0.4) is 0 Å². The van der Waals surface area contributed by atoms with E-state index in [9.17, 15) is 4.79 Å². The summed E-state index contributed by atoms with van der Waals surface area (Å²) in [5.41, 5.74) is 2.07. The summed E-state index contributed by atoms with van der Waals surface area (Å²) in [6, 6.07) is 7.90. The van der Waals surface area contributed by atoms with Crippen LogP contribution in [0.4, 0.5) is 0 Å². The monoisotopic (exact) mass is 365 g/mol. The Kier molecular flexibility index (Phi) is 7.30. The highest BCUT2D eigenvalue weighted by molar-refractivity contribution is 5.85. The Morgan fingerprint density at radius 1 is 1.24 bits per heavy atom. The predicted molar refractivity (Wildman–Crippen MR) is 97.6 cm³/mol. The molecule has 1 saturated heterocycles. The number of hydrogen-bond donors (Lipinski definition) is 2. The molecule has 2 N–H and O–H groups in total. The molecular formula is C16H24ClN7O. The lowest BCUT2D eigenvalue weighted by Gasteiger charge is -2.27. The quantitative estimate of drug-likeness (QED) is 0.754. The largest absolute Gasteiger partial charge is 0.353 e. The van der Waals surface area contributed by atoms with E-state index in [1.165, 1.54) is 10.4 Å². The van der Waals surface area contributed by atoms with E-state index in [1.807, 2.05) is 31.2 Å². The van der Waals surface area contributed by atoms with Crippen LogP contribution in [0.15, 0.2) is 24.3 Å². The molecule has 0 unspecified atom stereocenters. The molecule has 0 atom stereocenters. The highest BCUT2D eigenvalue weighted by Crippen LogP contribution is 2.13. The van der Waals surface area contributed by atoms with Crippen LogP contribution in [0.2, 0.25) is 0 Å². The van der Waals surface area contributed by atoms with Gasteiger partial charge in [0.05, 0.1) is 0 Å². The van der Waals surface area contributed by atoms with E-state index in [-0.39, 0.29) is 24.9 Å². The van der Waals surface area contributed by atoms with E-state index in [0.717, 1.165) is 38.3 Å². The molecule has 0 spiro atoms. The van der Waals surface area contributed by atoms with E-state index in [4.69, 9.17) is 0 Å². The average molecular weight is 366 g/mol. The predicted octanol–water partition coefficient (Wildman–Crippen LogP) is 0.0917. The second-order valence-electron chi connectivity index (χ2n) is 5.95. The van der Waals surface area contributed by atoms with Crippen molar-refractivity contribution in [2.24, 2.45) is 0 Å². The van der Waals surface area contributed by atoms with Gasteiger partial charge in [0, 0.05) is 44.8 Å². The third-order valence-electron chi connectivity index (χ3n) is 4.01. The first-order valence-electron chi connectivity index (χ1n) is 8.25. The van der Waals surface area contributed by atoms with Crippen LogP contribution in [0.25, 0.3) is 11.4 Å². The summed E-state index contributed by atoms with van der Waals surface area (Å²) in [6.07, 6.45) is 0. The van der Waals surface area contributed by atoms with Gasteiger partial charge in [-0.05, 0) is 12.1 Å². The lowest BCUT2D eigenvalue weighted by atomic mass is 10.1. The molecule has 1 aliphatic rings. The van der Waals surface area contributed by atoms with Gasteiger partial charge in [0.15, 0.2) is 0 Å². The number of carbonyl (C=O) groups is 1. The molecule has 25 heavy (non-hydrogen) atoms. The van der Waals surface area contributed by atoms with Gasteiger partial charge in [0.2, 0.25) is 11.7 Å². The van der Waals surface area contributed by atoms with Crippen molar-refractivity contribution in [3.63, 3.8) is 0 Å². The number of nitrogens with one attached hydrogen (secondary N) is 2. The number of halogens is 1. The molecule has 3 rings (SSSR count). The minimum atomic E-state index is -0.0991. The summed E-state index contributed by atoms with van der Waals surface area (Å²) >= 11 is 0. The van der Waals surface area contributed by atoms with Gasteiger partial charge in [-0.15, -0.1) is 22.6 Å². The molecule has 8 nitrogen and oxygen atoms in total. The van der Waals surface area contributed by atoms with Gasteiger partial charge in [-0.3, -0.25) is 9.69 Å². The van der Waals surface area contributed by atoms with E-state index in [0.29, 0.717) is 12.4 Å². The Bertz CT molecular complexity index is 667. The van der Waals surface area contributed by atoms with Crippen LogP contribution < -0.4 is 10.6 Å². The summed E-state index contributed by atoms with van der Waals surface area (Å²) in [5.74, 6) is 0.432. The number of tetrazole rings is 1. The third-order valence-corrected chi connectivity index (χ3v) is 4.01. The number of rotatable bonds is 6. The molecule has 1 aromatic heterocycles. The van der Waals surface area contributed by atoms with Gasteiger partial charge in [0.25, 0.3) is 0 Å². The maximum Gasteiger partial charge on any atom is 0.243 e. The van der Waals surface area contributed by atoms with Crippen molar-refractivity contribution in [3.8, 4) is 11.4 Å². The number of amides is 1. The zero-order valence-corrected chi connectivity index (χ0v) is 15.1. The highest BCUT2D eigenvalue weighted by Gasteiger charge is 2.11. The number of aromatic nitrogens is 4. The summed E-state index contributed by atoms with van der Waals surface area (Å²) in [5, 5.41) is 18.4. The Balaban J connectivity index is 0.00000225. The Hall–Kier alpha value is -2.03. The van der Waals surface area contributed by atoms with Crippen LogP contribution in [-0.4, -0.2) is 70.3 Å². The molecule has 9 heteroatoms. The average Bonchev–Trinajstić information content (AvgIpc) is 3.05. The number of piperazine rings is 1. The molecule has 0 radical (unpaired) electrons. The van der Waals surface area contributed by atoms with Crippen LogP contribution >= 0.6 is 12.4 Å². The minimum absolute atomic E-state index is 0. The van der Waals surface area contributed by atoms with Crippen LogP contribution in [0.5, 0.6) is 0 Å². The SMILES string of the molecule is Cc1ccc(-c2nnn(CC(=O)NCCN3CCNCC3)n2)cc1.Cl. The van der Waals surface area contributed by atoms with Crippen molar-refractivity contribution in [1.82, 2.24) is 35.7 Å². The normalized spacial score (nSPS) is 14.8. The number of carbonyl (C=O) groups excluding carboxylic acids is 1. The molecule has 136 valence electrons. The van der Waals surface area contributed by atoms with Crippen molar-refractivity contribution in [1.29, 1.82) is 0 Å². The van der Waals surface area contributed by atoms with Gasteiger partial charge >= 0.3 is 0 Å². The molecule has 1 aromatic carbocycles. The lowest BCUT2D eigenvalue weighted by molar-refractivity contribution is -0.122. The molecule has 0 saturated carbocycles. The summed E-state index contributed by atoms with van der Waals surface area (Å²) in [7, 11) is 0. The smallest absolute Gasteiger partial charge is 0.243 e. The van der Waals surface area contributed by atoms with Crippen LogP contribution in [0.1, 0.15) is 5.56 Å². The Morgan fingerprint density at radius 2 is 1.96 bits per heavy atom. The van der Waals surface area contributed by atoms with Crippen molar-refractivity contribution < 1.29 is 4.79 Å². The Morgan fingerprint density at radius 3 is 2.68 bits per heavy atom. The van der Waals surface area contributed by atoms with Gasteiger partial charge < -0.3 is 10.6 Å². The molecule has 0 aliphatic carbocycles. The van der Waals surface area contributed by atoms with E-state index >= 15 is 0 Å². The summed E-state index contributed by atoms with van der Waals surface area (Å²) in [6.45, 7) is 7.70. The molecule has 2 aromatic rings. The van der Waals surface area contributed by atoms with Gasteiger partial charge in [-0.25, -0.2) is 0 Å². The van der Waals surface area contributed by atoms with Crippen LogP contribution in [-0.2, 0) is 11.3 Å². The van der Waals surface area contributed by atoms with Gasteiger partial charge in [-0.2, -0.15) is 4.80 Å². The second-order valence-corrected chi connectivity index (χ2v) is 5.95. The fourth-order valence-corrected chi connectivity index (χ4v) is 2.60. The maximum absolute atomic E-state index is 12.0. The molecule has 1 aliphatic heterocycles. The lowest BCUT2D eigenvalue weighted by Crippen LogP contribution is -2.46. The topological polar surface area (TPSA) is 88.0 Å². The number of benzene rings is 1. The molecule has 1 amide bonds. The zero-order chi connectivity index (χ0) is 16.8. The standard InChI is InChI=1S/C16H23N7O.ClH/c1-13-2-4-14(5-3-13)16-19-21-23(20-16)12-15(24)18-8-11-22-9-6-17-7-10-22;/h2-5,17H,6-12H2,1H3,(H,18,24);1H. The van der Waals surface area contributed by atoms with Gasteiger partial charge in [-0.1, -0.05) is 29.8 Å². The first-order chi connectivity index (χ1) is 11.7. The summed E-state index contributed by atoms with van der Waals surface area (Å²) in [4.78, 5) is 15.6. The van der Waals surface area contributed by atoms with E-state index in [2.05, 4.69) is 30.9 Å². The first-order valence-corrected chi connectivity index (χ1v) is 8.25. The minimum Gasteiger partial charge on any atom is -0.353 e. The van der Waals surface area contributed by atoms with Crippen molar-refractivity contribution >= 4 is 18.3 Å². The van der Waals surface area contributed by atoms with E-state index < -0.39 is 0 Å². The third kappa shape index (κ3) is 5.77. The fourth-order valence-electron chi connectivity index (χ4n) is 2.60. The molecule has 0 bridgehead atoms. The number of nitrogens with zero attached hydrogens (tertiary/aromatic N) is 5. The number of hydrogen-bond acceptors (Lipinski definition) is 6. The highest BCUT2D eigenvalue weighted by atomic mass is 35.5. The summed E-state index contributed by atoms with van der Waals surface area (Å²) < 4.78 is 0. The van der Waals surface area contributed by atoms with E-state index in [1.54, 1.807) is 0 Å². The second kappa shape index (κ2) is 9.45. The van der Waals surface area contributed by atoms with Crippen LogP contribution in [0, 0.1) is 6.92 Å². The molecular weight excluding hydrogens is 342 g/mol. The maximum atomic E-state index is 12.0. The number of aryl methyl sites for hydroxylation is 1. The molecule has 2 heterocycles. The zero-order valence-electron chi connectivity index (χ0n) is 14.3. The Labute approximate surface area is 153 Å². The van der Waals surface area contributed by atoms with Crippen molar-refractivity contribution in [2.75, 3.05) is 39.3 Å². The van der Waals surface area contributed by atoms with Crippen molar-refractivity contribution in [3.05, 3.63) is 29.8 Å². The fraction of sp³-hybridized carbons (Fsp3) is 0.500. The molecule has 1 fully saturated rings. The first kappa shape index (κ1) is 19.3.